The summed E-state index contributed by atoms with van der Waals surface area (Å²) in [4.78, 5) is 15.3. The van der Waals surface area contributed by atoms with E-state index in [2.05, 4.69) is 10.3 Å². The van der Waals surface area contributed by atoms with E-state index in [4.69, 9.17) is 14.3 Å². The van der Waals surface area contributed by atoms with E-state index < -0.39 is 12.1 Å². The minimum Gasteiger partial charge on any atom is -0.479 e. The second-order valence-electron chi connectivity index (χ2n) is 6.10. The zero-order chi connectivity index (χ0) is 18.4. The average molecular weight is 354 g/mol. The van der Waals surface area contributed by atoms with Gasteiger partial charge >= 0.3 is 5.97 Å². The Hall–Kier alpha value is -2.86. The van der Waals surface area contributed by atoms with Crippen LogP contribution in [0.2, 0.25) is 0 Å². The highest BCUT2D eigenvalue weighted by atomic mass is 16.5. The highest BCUT2D eigenvalue weighted by Gasteiger charge is 2.12. The van der Waals surface area contributed by atoms with Crippen molar-refractivity contribution >= 4 is 17.1 Å². The van der Waals surface area contributed by atoms with Crippen LogP contribution in [0.3, 0.4) is 0 Å². The van der Waals surface area contributed by atoms with Crippen LogP contribution in [0.5, 0.6) is 5.75 Å². The number of aromatic nitrogens is 1. The summed E-state index contributed by atoms with van der Waals surface area (Å²) in [6, 6.07) is 15.2. The van der Waals surface area contributed by atoms with E-state index in [1.807, 2.05) is 42.5 Å². The number of oxazole rings is 1. The molecule has 0 saturated heterocycles. The quantitative estimate of drug-likeness (QED) is 0.573. The first-order valence-electron chi connectivity index (χ1n) is 8.65. The van der Waals surface area contributed by atoms with Crippen molar-refractivity contribution in [2.45, 2.75) is 32.4 Å². The molecule has 0 bridgehead atoms. The number of nitrogens with one attached hydrogen (secondary N) is 1. The molecule has 2 N–H and O–H groups in total. The van der Waals surface area contributed by atoms with Crippen LogP contribution in [-0.4, -0.2) is 28.7 Å². The Bertz CT molecular complexity index is 842. The van der Waals surface area contributed by atoms with Gasteiger partial charge in [-0.05, 0) is 49.7 Å². The zero-order valence-electron chi connectivity index (χ0n) is 14.6. The summed E-state index contributed by atoms with van der Waals surface area (Å²) in [6.45, 7) is 3.03. The van der Waals surface area contributed by atoms with Crippen LogP contribution in [0, 0.1) is 0 Å². The van der Waals surface area contributed by atoms with Gasteiger partial charge in [-0.3, -0.25) is 0 Å². The monoisotopic (exact) mass is 354 g/mol. The van der Waals surface area contributed by atoms with E-state index in [0.29, 0.717) is 12.3 Å². The minimum atomic E-state index is -0.979. The molecule has 3 aromatic rings. The summed E-state index contributed by atoms with van der Waals surface area (Å²) in [6.07, 6.45) is 0.828. The van der Waals surface area contributed by atoms with Crippen molar-refractivity contribution in [2.75, 3.05) is 6.54 Å². The molecule has 0 aliphatic carbocycles. The molecule has 0 saturated carbocycles. The number of fused-ring (bicyclic) bond motifs is 1. The number of aliphatic carboxylic acids is 1. The molecule has 0 aliphatic rings. The van der Waals surface area contributed by atoms with Gasteiger partial charge in [0.2, 0.25) is 0 Å². The zero-order valence-corrected chi connectivity index (χ0v) is 14.6. The third kappa shape index (κ3) is 4.83. The summed E-state index contributed by atoms with van der Waals surface area (Å²) in [7, 11) is 0. The van der Waals surface area contributed by atoms with Gasteiger partial charge in [-0.2, -0.15) is 0 Å². The number of carboxylic acids is 1. The molecule has 26 heavy (non-hydrogen) atoms. The maximum absolute atomic E-state index is 10.9. The van der Waals surface area contributed by atoms with Crippen LogP contribution < -0.4 is 10.1 Å². The summed E-state index contributed by atoms with van der Waals surface area (Å²) < 4.78 is 11.1. The molecule has 0 amide bonds. The lowest BCUT2D eigenvalue weighted by Gasteiger charge is -2.11. The van der Waals surface area contributed by atoms with E-state index in [1.165, 1.54) is 6.92 Å². The topological polar surface area (TPSA) is 84.6 Å². The highest BCUT2D eigenvalue weighted by Crippen LogP contribution is 2.16. The predicted molar refractivity (Wildman–Crippen MR) is 98.2 cm³/mol. The number of ether oxygens (including phenoxy) is 1. The molecule has 1 heterocycles. The van der Waals surface area contributed by atoms with Gasteiger partial charge in [-0.1, -0.05) is 24.3 Å². The third-order valence-corrected chi connectivity index (χ3v) is 3.97. The fraction of sp³-hybridized carbons (Fsp3) is 0.300. The first-order valence-corrected chi connectivity index (χ1v) is 8.65. The number of hydrogen-bond donors (Lipinski definition) is 2. The van der Waals surface area contributed by atoms with Crippen LogP contribution >= 0.6 is 0 Å². The number of nitrogens with zero attached hydrogens (tertiary/aromatic N) is 1. The summed E-state index contributed by atoms with van der Waals surface area (Å²) in [5.74, 6) is 0.337. The first kappa shape index (κ1) is 17.9. The highest BCUT2D eigenvalue weighted by molar-refractivity contribution is 5.72. The van der Waals surface area contributed by atoms with Crippen LogP contribution in [0.25, 0.3) is 11.1 Å². The molecule has 1 atom stereocenters. The normalized spacial score (nSPS) is 12.2. The van der Waals surface area contributed by atoms with Crippen molar-refractivity contribution in [3.05, 3.63) is 60.0 Å². The molecule has 136 valence electrons. The van der Waals surface area contributed by atoms with E-state index in [1.54, 1.807) is 6.07 Å². The Balaban J connectivity index is 1.42. The second kappa shape index (κ2) is 8.49. The Morgan fingerprint density at radius 2 is 2.12 bits per heavy atom. The van der Waals surface area contributed by atoms with Crippen LogP contribution in [0.15, 0.2) is 52.9 Å². The Labute approximate surface area is 151 Å². The van der Waals surface area contributed by atoms with Crippen molar-refractivity contribution in [3.63, 3.8) is 0 Å². The molecule has 1 aromatic heterocycles. The molecule has 0 fully saturated rings. The second-order valence-corrected chi connectivity index (χ2v) is 6.10. The van der Waals surface area contributed by atoms with Crippen molar-refractivity contribution in [1.29, 1.82) is 0 Å². The minimum absolute atomic E-state index is 0.561. The molecule has 3 rings (SSSR count). The molecular weight excluding hydrogens is 332 g/mol. The van der Waals surface area contributed by atoms with Crippen molar-refractivity contribution in [3.8, 4) is 5.75 Å². The lowest BCUT2D eigenvalue weighted by Crippen LogP contribution is -2.23. The summed E-state index contributed by atoms with van der Waals surface area (Å²) >= 11 is 0. The molecule has 0 radical (unpaired) electrons. The molecule has 2 aromatic carbocycles. The standard InChI is InChI=1S/C20H22N2O4/c1-14(20(23)24)25-16-7-4-6-15(12-16)13-21-11-5-10-19-22-17-8-2-3-9-18(17)26-19/h2-4,6-9,12,14,21H,5,10-11,13H2,1H3,(H,23,24). The van der Waals surface area contributed by atoms with Crippen LogP contribution in [0.4, 0.5) is 0 Å². The van der Waals surface area contributed by atoms with Crippen molar-refractivity contribution in [2.24, 2.45) is 0 Å². The molecule has 6 heteroatoms. The fourth-order valence-electron chi connectivity index (χ4n) is 2.61. The van der Waals surface area contributed by atoms with Crippen molar-refractivity contribution < 1.29 is 19.1 Å². The van der Waals surface area contributed by atoms with Gasteiger partial charge in [0.25, 0.3) is 0 Å². The maximum Gasteiger partial charge on any atom is 0.344 e. The number of carbonyl (C=O) groups is 1. The molecule has 6 nitrogen and oxygen atoms in total. The number of rotatable bonds is 9. The van der Waals surface area contributed by atoms with Crippen LogP contribution in [-0.2, 0) is 17.8 Å². The third-order valence-electron chi connectivity index (χ3n) is 3.97. The predicted octanol–water partition coefficient (Wildman–Crippen LogP) is 3.40. The molecule has 0 spiro atoms. The fourth-order valence-corrected chi connectivity index (χ4v) is 2.61. The first-order chi connectivity index (χ1) is 12.6. The van der Waals surface area contributed by atoms with Crippen LogP contribution in [0.1, 0.15) is 24.8 Å². The largest absolute Gasteiger partial charge is 0.479 e. The maximum atomic E-state index is 10.9. The molecular formula is C20H22N2O4. The molecule has 0 aliphatic heterocycles. The van der Waals surface area contributed by atoms with Gasteiger partial charge in [0.05, 0.1) is 0 Å². The Kier molecular flexibility index (Phi) is 5.86. The van der Waals surface area contributed by atoms with Gasteiger partial charge < -0.3 is 19.6 Å². The number of carboxylic acid groups (broad SMARTS) is 1. The summed E-state index contributed by atoms with van der Waals surface area (Å²) in [5.41, 5.74) is 2.76. The lowest BCUT2D eigenvalue weighted by molar-refractivity contribution is -0.144. The SMILES string of the molecule is CC(Oc1cccc(CNCCCc2nc3ccccc3o2)c1)C(=O)O. The Morgan fingerprint density at radius 3 is 2.92 bits per heavy atom. The van der Waals surface area contributed by atoms with E-state index >= 15 is 0 Å². The smallest absolute Gasteiger partial charge is 0.344 e. The van der Waals surface area contributed by atoms with Crippen molar-refractivity contribution in [1.82, 2.24) is 10.3 Å². The van der Waals surface area contributed by atoms with E-state index in [-0.39, 0.29) is 0 Å². The number of benzene rings is 2. The number of para-hydroxylation sites is 2. The Morgan fingerprint density at radius 1 is 1.27 bits per heavy atom. The van der Waals surface area contributed by atoms with Gasteiger partial charge in [-0.15, -0.1) is 0 Å². The molecule has 1 unspecified atom stereocenters. The van der Waals surface area contributed by atoms with Gasteiger partial charge in [0.15, 0.2) is 17.6 Å². The van der Waals surface area contributed by atoms with Gasteiger partial charge in [-0.25, -0.2) is 9.78 Å². The number of hydrogen-bond acceptors (Lipinski definition) is 5. The lowest BCUT2D eigenvalue weighted by atomic mass is 10.2. The van der Waals surface area contributed by atoms with E-state index in [0.717, 1.165) is 41.9 Å². The van der Waals surface area contributed by atoms with E-state index in [9.17, 15) is 4.79 Å². The summed E-state index contributed by atoms with van der Waals surface area (Å²) in [5, 5.41) is 12.3. The average Bonchev–Trinajstić information content (AvgIpc) is 3.04. The number of aryl methyl sites for hydroxylation is 1. The van der Waals surface area contributed by atoms with Gasteiger partial charge in [0.1, 0.15) is 11.3 Å². The van der Waals surface area contributed by atoms with Gasteiger partial charge in [0, 0.05) is 13.0 Å².